The topological polar surface area (TPSA) is 48.9 Å². The van der Waals surface area contributed by atoms with E-state index >= 15 is 0 Å². The third kappa shape index (κ3) is 5.27. The molecule has 5 rings (SSSR count). The van der Waals surface area contributed by atoms with E-state index in [-0.39, 0.29) is 11.9 Å². The zero-order valence-electron chi connectivity index (χ0n) is 20.9. The van der Waals surface area contributed by atoms with Gasteiger partial charge in [-0.15, -0.1) is 0 Å². The first-order chi connectivity index (χ1) is 17.1. The van der Waals surface area contributed by atoms with Crippen LogP contribution in [0.5, 0.6) is 5.88 Å². The van der Waals surface area contributed by atoms with Crippen LogP contribution in [0.1, 0.15) is 38.7 Å². The van der Waals surface area contributed by atoms with Crippen molar-refractivity contribution >= 4 is 28.2 Å². The van der Waals surface area contributed by atoms with Gasteiger partial charge >= 0.3 is 0 Å². The van der Waals surface area contributed by atoms with Gasteiger partial charge in [-0.25, -0.2) is 0 Å². The van der Waals surface area contributed by atoms with Gasteiger partial charge in [-0.05, 0) is 62.7 Å². The highest BCUT2D eigenvalue weighted by Crippen LogP contribution is 2.30. The number of anilines is 2. The molecule has 0 unspecified atom stereocenters. The number of pyridine rings is 1. The number of carbonyl (C=O) groups is 1. The largest absolute Gasteiger partial charge is 0.478 e. The Morgan fingerprint density at radius 1 is 0.914 bits per heavy atom. The van der Waals surface area contributed by atoms with E-state index in [9.17, 15) is 4.79 Å². The number of aromatic nitrogens is 1. The van der Waals surface area contributed by atoms with E-state index in [1.165, 1.54) is 16.5 Å². The number of hydrogen-bond donors (Lipinski definition) is 0. The van der Waals surface area contributed by atoms with E-state index in [0.717, 1.165) is 63.4 Å². The maximum absolute atomic E-state index is 12.4. The quantitative estimate of drug-likeness (QED) is 0.436. The molecule has 1 amide bonds. The summed E-state index contributed by atoms with van der Waals surface area (Å²) in [5.74, 6) is 1.54. The molecular formula is C29H36N4O2. The lowest BCUT2D eigenvalue weighted by Crippen LogP contribution is -2.46. The molecule has 0 N–H and O–H groups in total. The van der Waals surface area contributed by atoms with Crippen molar-refractivity contribution in [1.29, 1.82) is 0 Å². The van der Waals surface area contributed by atoms with Crippen LogP contribution < -0.4 is 14.5 Å². The molecule has 3 aromatic rings. The Morgan fingerprint density at radius 3 is 2.54 bits per heavy atom. The van der Waals surface area contributed by atoms with Crippen LogP contribution in [0.2, 0.25) is 0 Å². The number of hydrogen-bond acceptors (Lipinski definition) is 5. The number of unbranched alkanes of at least 4 members (excludes halogenated alkanes) is 1. The minimum Gasteiger partial charge on any atom is -0.478 e. The molecule has 184 valence electrons. The highest BCUT2D eigenvalue weighted by Gasteiger charge is 2.28. The van der Waals surface area contributed by atoms with Crippen LogP contribution in [-0.4, -0.2) is 61.2 Å². The molecule has 6 nitrogen and oxygen atoms in total. The zero-order valence-corrected chi connectivity index (χ0v) is 20.9. The van der Waals surface area contributed by atoms with Crippen LogP contribution in [-0.2, 0) is 11.2 Å². The number of aryl methyl sites for hydroxylation is 1. The van der Waals surface area contributed by atoms with Crippen LogP contribution in [0.4, 0.5) is 11.5 Å². The van der Waals surface area contributed by atoms with Crippen LogP contribution in [0.3, 0.4) is 0 Å². The van der Waals surface area contributed by atoms with Crippen molar-refractivity contribution in [1.82, 2.24) is 9.88 Å². The Balaban J connectivity index is 1.07. The number of fused-ring (bicyclic) bond motifs is 2. The monoisotopic (exact) mass is 472 g/mol. The number of ether oxygens (including phenoxy) is 1. The first kappa shape index (κ1) is 23.6. The van der Waals surface area contributed by atoms with Crippen molar-refractivity contribution < 1.29 is 9.53 Å². The molecule has 2 aromatic carbocycles. The maximum Gasteiger partial charge on any atom is 0.228 e. The van der Waals surface area contributed by atoms with Gasteiger partial charge in [-0.1, -0.05) is 36.4 Å². The van der Waals surface area contributed by atoms with E-state index in [0.29, 0.717) is 18.9 Å². The van der Waals surface area contributed by atoms with Crippen molar-refractivity contribution in [3.8, 4) is 5.88 Å². The summed E-state index contributed by atoms with van der Waals surface area (Å²) in [6.45, 7) is 10.1. The number of amides is 1. The van der Waals surface area contributed by atoms with E-state index in [4.69, 9.17) is 4.74 Å². The molecule has 0 bridgehead atoms. The van der Waals surface area contributed by atoms with Gasteiger partial charge in [-0.2, -0.15) is 4.98 Å². The summed E-state index contributed by atoms with van der Waals surface area (Å²) in [5, 5.41) is 2.65. The zero-order chi connectivity index (χ0) is 24.2. The predicted octanol–water partition coefficient (Wildman–Crippen LogP) is 4.90. The molecule has 3 heterocycles. The second-order valence-electron chi connectivity index (χ2n) is 9.87. The van der Waals surface area contributed by atoms with Gasteiger partial charge in [-0.3, -0.25) is 14.6 Å². The lowest BCUT2D eigenvalue weighted by atomic mass is 10.0. The summed E-state index contributed by atoms with van der Waals surface area (Å²) in [7, 11) is 0. The van der Waals surface area contributed by atoms with Gasteiger partial charge in [0, 0.05) is 55.8 Å². The van der Waals surface area contributed by atoms with Crippen molar-refractivity contribution in [3.63, 3.8) is 0 Å². The SMILES string of the molecule is CC(C)N1C(=O)CCc2ccc(OCCCCN3CCN(c4cccc5ccccc45)CC3)nc21. The molecule has 2 aliphatic heterocycles. The number of benzene rings is 2. The summed E-state index contributed by atoms with van der Waals surface area (Å²) in [6, 6.07) is 19.4. The molecule has 0 radical (unpaired) electrons. The van der Waals surface area contributed by atoms with E-state index in [1.807, 2.05) is 24.8 Å². The van der Waals surface area contributed by atoms with Crippen LogP contribution in [0.15, 0.2) is 54.6 Å². The van der Waals surface area contributed by atoms with Gasteiger partial charge < -0.3 is 9.64 Å². The lowest BCUT2D eigenvalue weighted by molar-refractivity contribution is -0.119. The third-order valence-electron chi connectivity index (χ3n) is 7.15. The minimum absolute atomic E-state index is 0.102. The fraction of sp³-hybridized carbons (Fsp3) is 0.448. The second kappa shape index (κ2) is 10.6. The van der Waals surface area contributed by atoms with Crippen molar-refractivity contribution in [2.24, 2.45) is 0 Å². The van der Waals surface area contributed by atoms with Gasteiger partial charge in [0.2, 0.25) is 11.8 Å². The summed E-state index contributed by atoms with van der Waals surface area (Å²) in [4.78, 5) is 23.9. The summed E-state index contributed by atoms with van der Waals surface area (Å²) >= 11 is 0. The molecule has 0 saturated carbocycles. The Bertz CT molecular complexity index is 1170. The van der Waals surface area contributed by atoms with Crippen molar-refractivity contribution in [2.75, 3.05) is 49.1 Å². The highest BCUT2D eigenvalue weighted by atomic mass is 16.5. The molecular weight excluding hydrogens is 436 g/mol. The maximum atomic E-state index is 12.4. The first-order valence-electron chi connectivity index (χ1n) is 13.0. The Labute approximate surface area is 208 Å². The molecule has 2 aliphatic rings. The van der Waals surface area contributed by atoms with Gasteiger partial charge in [0.05, 0.1) is 6.61 Å². The fourth-order valence-electron chi connectivity index (χ4n) is 5.27. The molecule has 0 atom stereocenters. The van der Waals surface area contributed by atoms with Crippen LogP contribution in [0.25, 0.3) is 10.8 Å². The number of piperazine rings is 1. The minimum atomic E-state index is 0.102. The van der Waals surface area contributed by atoms with Crippen molar-refractivity contribution in [2.45, 2.75) is 45.6 Å². The molecule has 1 aromatic heterocycles. The van der Waals surface area contributed by atoms with E-state index in [1.54, 1.807) is 0 Å². The van der Waals surface area contributed by atoms with Crippen LogP contribution in [0, 0.1) is 0 Å². The molecule has 1 saturated heterocycles. The molecule has 0 aliphatic carbocycles. The van der Waals surface area contributed by atoms with Crippen LogP contribution >= 0.6 is 0 Å². The van der Waals surface area contributed by atoms with Gasteiger partial charge in [0.1, 0.15) is 5.82 Å². The summed E-state index contributed by atoms with van der Waals surface area (Å²) < 4.78 is 5.96. The predicted molar refractivity (Wildman–Crippen MR) is 143 cm³/mol. The average Bonchev–Trinajstić information content (AvgIpc) is 2.88. The standard InChI is InChI=1S/C29H36N4O2/c1-22(2)33-28(34)15-13-24-12-14-27(30-29(24)33)35-21-6-5-16-31-17-19-32(20-18-31)26-11-7-9-23-8-3-4-10-25(23)26/h3-4,7-12,14,22H,5-6,13,15-21H2,1-2H3. The fourth-order valence-corrected chi connectivity index (χ4v) is 5.27. The van der Waals surface area contributed by atoms with Gasteiger partial charge in [0.15, 0.2) is 0 Å². The molecule has 6 heteroatoms. The molecule has 1 fully saturated rings. The number of nitrogens with zero attached hydrogens (tertiary/aromatic N) is 4. The first-order valence-corrected chi connectivity index (χ1v) is 13.0. The van der Waals surface area contributed by atoms with Crippen molar-refractivity contribution in [3.05, 3.63) is 60.2 Å². The number of carbonyl (C=O) groups excluding carboxylic acids is 1. The molecule has 35 heavy (non-hydrogen) atoms. The third-order valence-corrected chi connectivity index (χ3v) is 7.15. The molecule has 0 spiro atoms. The smallest absolute Gasteiger partial charge is 0.228 e. The Morgan fingerprint density at radius 2 is 1.71 bits per heavy atom. The number of rotatable bonds is 8. The van der Waals surface area contributed by atoms with Gasteiger partial charge in [0.25, 0.3) is 0 Å². The summed E-state index contributed by atoms with van der Waals surface area (Å²) in [5.41, 5.74) is 2.49. The Kier molecular flexibility index (Phi) is 7.19. The Hall–Kier alpha value is -3.12. The second-order valence-corrected chi connectivity index (χ2v) is 9.87. The lowest BCUT2D eigenvalue weighted by Gasteiger charge is -2.36. The normalized spacial score (nSPS) is 16.7. The average molecular weight is 473 g/mol. The van der Waals surface area contributed by atoms with E-state index in [2.05, 4.69) is 63.3 Å². The summed E-state index contributed by atoms with van der Waals surface area (Å²) in [6.07, 6.45) is 3.42. The highest BCUT2D eigenvalue weighted by molar-refractivity contribution is 5.96. The van der Waals surface area contributed by atoms with E-state index < -0.39 is 0 Å².